The lowest BCUT2D eigenvalue weighted by Crippen LogP contribution is -2.13. The number of aryl methyl sites for hydroxylation is 1. The Morgan fingerprint density at radius 1 is 1.19 bits per heavy atom. The van der Waals surface area contributed by atoms with E-state index in [9.17, 15) is 4.39 Å². The summed E-state index contributed by atoms with van der Waals surface area (Å²) in [6.45, 7) is 1.57. The Hall–Kier alpha value is -2.01. The number of nitrogen functional groups attached to an aromatic ring is 1. The third-order valence-corrected chi connectivity index (χ3v) is 2.19. The maximum absolute atomic E-state index is 13.4. The molecule has 0 amide bonds. The first-order valence-corrected chi connectivity index (χ1v) is 4.78. The molecule has 5 heteroatoms. The third kappa shape index (κ3) is 1.85. The van der Waals surface area contributed by atoms with Crippen LogP contribution in [0.5, 0.6) is 0 Å². The molecule has 1 aromatic carbocycles. The van der Waals surface area contributed by atoms with Gasteiger partial charge in [-0.15, -0.1) is 0 Å². The monoisotopic (exact) mass is 218 g/mol. The van der Waals surface area contributed by atoms with Gasteiger partial charge in [-0.25, -0.2) is 20.2 Å². The van der Waals surface area contributed by atoms with Gasteiger partial charge in [-0.3, -0.25) is 0 Å². The summed E-state index contributed by atoms with van der Waals surface area (Å²) in [5.74, 6) is 5.12. The molecule has 0 aliphatic heterocycles. The van der Waals surface area contributed by atoms with Crippen molar-refractivity contribution in [3.8, 4) is 11.4 Å². The summed E-state index contributed by atoms with van der Waals surface area (Å²) in [6.07, 6.45) is 0. The molecular weight excluding hydrogens is 207 g/mol. The van der Waals surface area contributed by atoms with Gasteiger partial charge in [-0.2, -0.15) is 0 Å². The van der Waals surface area contributed by atoms with Crippen molar-refractivity contribution < 1.29 is 4.39 Å². The van der Waals surface area contributed by atoms with Crippen LogP contribution in [0.4, 0.5) is 10.2 Å². The second-order valence-electron chi connectivity index (χ2n) is 3.31. The van der Waals surface area contributed by atoms with Crippen molar-refractivity contribution in [3.05, 3.63) is 41.8 Å². The van der Waals surface area contributed by atoms with Crippen LogP contribution in [0.2, 0.25) is 0 Å². The Morgan fingerprint density at radius 3 is 2.50 bits per heavy atom. The first kappa shape index (κ1) is 10.5. The van der Waals surface area contributed by atoms with Gasteiger partial charge in [-0.05, 0) is 6.92 Å². The molecule has 0 bridgehead atoms. The summed E-state index contributed by atoms with van der Waals surface area (Å²) in [5.41, 5.74) is 3.31. The predicted molar refractivity (Wildman–Crippen MR) is 60.0 cm³/mol. The normalized spacial score (nSPS) is 10.2. The molecule has 2 rings (SSSR count). The Bertz CT molecular complexity index is 499. The molecule has 1 heterocycles. The predicted octanol–water partition coefficient (Wildman–Crippen LogP) is 1.88. The Balaban J connectivity index is 2.55. The van der Waals surface area contributed by atoms with Gasteiger partial charge in [0, 0.05) is 5.56 Å². The average Bonchev–Trinajstić information content (AvgIpc) is 2.33. The molecule has 4 nitrogen and oxygen atoms in total. The molecular formula is C11H11FN4. The second kappa shape index (κ2) is 4.24. The van der Waals surface area contributed by atoms with E-state index in [1.54, 1.807) is 6.92 Å². The van der Waals surface area contributed by atoms with E-state index in [1.807, 2.05) is 30.3 Å². The largest absolute Gasteiger partial charge is 0.306 e. The minimum Gasteiger partial charge on any atom is -0.306 e. The van der Waals surface area contributed by atoms with Gasteiger partial charge in [0.15, 0.2) is 17.5 Å². The smallest absolute Gasteiger partial charge is 0.187 e. The lowest BCUT2D eigenvalue weighted by Gasteiger charge is -2.06. The number of rotatable bonds is 2. The van der Waals surface area contributed by atoms with Crippen molar-refractivity contribution in [1.29, 1.82) is 0 Å². The van der Waals surface area contributed by atoms with Crippen LogP contribution in [0.1, 0.15) is 5.69 Å². The number of nitrogens with zero attached hydrogens (tertiary/aromatic N) is 2. The molecule has 16 heavy (non-hydrogen) atoms. The van der Waals surface area contributed by atoms with Gasteiger partial charge in [0.1, 0.15) is 0 Å². The van der Waals surface area contributed by atoms with E-state index >= 15 is 0 Å². The molecule has 0 aliphatic carbocycles. The molecule has 0 radical (unpaired) electrons. The van der Waals surface area contributed by atoms with Crippen LogP contribution >= 0.6 is 0 Å². The summed E-state index contributed by atoms with van der Waals surface area (Å²) < 4.78 is 13.4. The van der Waals surface area contributed by atoms with Crippen LogP contribution < -0.4 is 11.3 Å². The number of aromatic nitrogens is 2. The summed E-state index contributed by atoms with van der Waals surface area (Å²) in [4.78, 5) is 8.07. The molecule has 0 saturated heterocycles. The minimum atomic E-state index is -0.526. The van der Waals surface area contributed by atoms with Gasteiger partial charge in [-0.1, -0.05) is 30.3 Å². The lowest BCUT2D eigenvalue weighted by molar-refractivity contribution is 0.606. The number of nitrogens with two attached hydrogens (primary N) is 1. The van der Waals surface area contributed by atoms with Crippen LogP contribution in [0, 0.1) is 12.7 Å². The second-order valence-corrected chi connectivity index (χ2v) is 3.31. The van der Waals surface area contributed by atoms with E-state index in [4.69, 9.17) is 5.84 Å². The highest BCUT2D eigenvalue weighted by molar-refractivity contribution is 5.57. The van der Waals surface area contributed by atoms with Crippen molar-refractivity contribution in [2.75, 3.05) is 5.43 Å². The average molecular weight is 218 g/mol. The molecule has 1 aromatic heterocycles. The summed E-state index contributed by atoms with van der Waals surface area (Å²) in [7, 11) is 0. The highest BCUT2D eigenvalue weighted by Crippen LogP contribution is 2.19. The Labute approximate surface area is 92.3 Å². The van der Waals surface area contributed by atoms with E-state index in [-0.39, 0.29) is 11.5 Å². The highest BCUT2D eigenvalue weighted by atomic mass is 19.1. The fourth-order valence-corrected chi connectivity index (χ4v) is 1.37. The fraction of sp³-hybridized carbons (Fsp3) is 0.0909. The zero-order chi connectivity index (χ0) is 11.5. The Morgan fingerprint density at radius 2 is 1.88 bits per heavy atom. The van der Waals surface area contributed by atoms with Gasteiger partial charge < -0.3 is 5.43 Å². The van der Waals surface area contributed by atoms with Gasteiger partial charge in [0.25, 0.3) is 0 Å². The number of hydrogen-bond donors (Lipinski definition) is 2. The van der Waals surface area contributed by atoms with Crippen LogP contribution in [0.3, 0.4) is 0 Å². The maximum atomic E-state index is 13.4. The number of hydrogen-bond acceptors (Lipinski definition) is 4. The van der Waals surface area contributed by atoms with E-state index < -0.39 is 5.82 Å². The van der Waals surface area contributed by atoms with Crippen molar-refractivity contribution in [3.63, 3.8) is 0 Å². The zero-order valence-corrected chi connectivity index (χ0v) is 8.74. The lowest BCUT2D eigenvalue weighted by atomic mass is 10.2. The number of nitrogens with one attached hydrogen (secondary N) is 1. The summed E-state index contributed by atoms with van der Waals surface area (Å²) in [5, 5.41) is 0. The molecule has 2 aromatic rings. The SMILES string of the molecule is Cc1nc(-c2ccccc2)nc(NN)c1F. The van der Waals surface area contributed by atoms with Crippen LogP contribution in [0.25, 0.3) is 11.4 Å². The number of anilines is 1. The molecule has 82 valence electrons. The minimum absolute atomic E-state index is 0.00588. The maximum Gasteiger partial charge on any atom is 0.187 e. The highest BCUT2D eigenvalue weighted by Gasteiger charge is 2.11. The van der Waals surface area contributed by atoms with E-state index in [2.05, 4.69) is 15.4 Å². The molecule has 0 saturated carbocycles. The van der Waals surface area contributed by atoms with Crippen molar-refractivity contribution in [2.45, 2.75) is 6.92 Å². The quantitative estimate of drug-likeness (QED) is 0.596. The van der Waals surface area contributed by atoms with E-state index in [0.717, 1.165) is 5.56 Å². The molecule has 0 unspecified atom stereocenters. The first-order valence-electron chi connectivity index (χ1n) is 4.78. The van der Waals surface area contributed by atoms with E-state index in [0.29, 0.717) is 5.82 Å². The molecule has 3 N–H and O–H groups in total. The standard InChI is InChI=1S/C11H11FN4/c1-7-9(12)11(16-13)15-10(14-7)8-5-3-2-4-6-8/h2-6H,13H2,1H3,(H,14,15,16). The molecule has 0 aliphatic rings. The zero-order valence-electron chi connectivity index (χ0n) is 8.74. The van der Waals surface area contributed by atoms with Crippen LogP contribution in [-0.4, -0.2) is 9.97 Å². The number of halogens is 1. The van der Waals surface area contributed by atoms with E-state index in [1.165, 1.54) is 0 Å². The third-order valence-electron chi connectivity index (χ3n) is 2.19. The van der Waals surface area contributed by atoms with Crippen LogP contribution in [0.15, 0.2) is 30.3 Å². The van der Waals surface area contributed by atoms with Crippen LogP contribution in [-0.2, 0) is 0 Å². The topological polar surface area (TPSA) is 63.8 Å². The summed E-state index contributed by atoms with van der Waals surface area (Å²) in [6, 6.07) is 9.34. The first-order chi connectivity index (χ1) is 7.72. The van der Waals surface area contributed by atoms with Crippen molar-refractivity contribution in [1.82, 2.24) is 9.97 Å². The van der Waals surface area contributed by atoms with Crippen molar-refractivity contribution in [2.24, 2.45) is 5.84 Å². The van der Waals surface area contributed by atoms with Crippen molar-refractivity contribution >= 4 is 5.82 Å². The van der Waals surface area contributed by atoms with Gasteiger partial charge in [0.2, 0.25) is 0 Å². The Kier molecular flexibility index (Phi) is 2.78. The number of hydrazine groups is 1. The molecule has 0 fully saturated rings. The van der Waals surface area contributed by atoms with Gasteiger partial charge >= 0.3 is 0 Å². The molecule has 0 spiro atoms. The number of benzene rings is 1. The summed E-state index contributed by atoms with van der Waals surface area (Å²) >= 11 is 0. The molecule has 0 atom stereocenters. The van der Waals surface area contributed by atoms with Gasteiger partial charge in [0.05, 0.1) is 5.69 Å². The fourth-order valence-electron chi connectivity index (χ4n) is 1.37.